The van der Waals surface area contributed by atoms with Crippen LogP contribution in [0.15, 0.2) is 11.3 Å². The number of β-lactam (4-membered cyclic amide) rings is 1. The largest absolute Gasteiger partial charge is 0.480 e. The summed E-state index contributed by atoms with van der Waals surface area (Å²) >= 11 is 1.26. The molecular formula is C14H19AcN3O7S. The van der Waals surface area contributed by atoms with Gasteiger partial charge in [0, 0.05) is 56.2 Å². The first-order chi connectivity index (χ1) is 11.8. The van der Waals surface area contributed by atoms with Gasteiger partial charge in [-0.3, -0.25) is 19.3 Å². The van der Waals surface area contributed by atoms with Crippen molar-refractivity contribution in [3.05, 3.63) is 11.3 Å². The molecule has 1 radical (unpaired) electrons. The number of nitrogens with zero attached hydrogens (tertiary/aromatic N) is 1. The minimum Gasteiger partial charge on any atom is -0.480 e. The molecule has 26 heavy (non-hydrogen) atoms. The molecule has 0 aliphatic carbocycles. The number of carboxylic acid groups (broad SMARTS) is 2. The molecule has 2 aliphatic rings. The summed E-state index contributed by atoms with van der Waals surface area (Å²) in [6.45, 7) is -0.452. The fraction of sp³-hybridized carbons (Fsp3) is 0.571. The molecule has 1 saturated heterocycles. The van der Waals surface area contributed by atoms with Crippen LogP contribution < -0.4 is 11.1 Å². The number of nitrogens with one attached hydrogen (secondary N) is 1. The average molecular weight is 600 g/mol. The monoisotopic (exact) mass is 600 g/mol. The van der Waals surface area contributed by atoms with Crippen LogP contribution in [0.5, 0.6) is 0 Å². The number of rotatable bonds is 8. The Hall–Kier alpha value is -0.668. The third-order valence-corrected chi connectivity index (χ3v) is 5.33. The molecule has 2 rings (SSSR count). The van der Waals surface area contributed by atoms with E-state index in [4.69, 9.17) is 10.8 Å². The van der Waals surface area contributed by atoms with E-state index in [0.717, 1.165) is 4.90 Å². The number of hydrogen-bond donors (Lipinski definition) is 5. The van der Waals surface area contributed by atoms with E-state index in [1.54, 1.807) is 0 Å². The number of aliphatic carboxylic acids is 2. The van der Waals surface area contributed by atoms with Gasteiger partial charge in [0.2, 0.25) is 5.91 Å². The van der Waals surface area contributed by atoms with E-state index in [1.165, 1.54) is 11.8 Å². The minimum absolute atomic E-state index is 0. The van der Waals surface area contributed by atoms with Gasteiger partial charge in [-0.05, 0) is 18.4 Å². The Morgan fingerprint density at radius 3 is 2.54 bits per heavy atom. The molecule has 2 heterocycles. The molecule has 0 spiro atoms. The summed E-state index contributed by atoms with van der Waals surface area (Å²) < 4.78 is 0. The van der Waals surface area contributed by atoms with Crippen molar-refractivity contribution >= 4 is 35.5 Å². The number of carboxylic acids is 2. The molecule has 0 saturated carbocycles. The van der Waals surface area contributed by atoms with Crippen molar-refractivity contribution in [3.8, 4) is 0 Å². The molecule has 0 aromatic rings. The zero-order chi connectivity index (χ0) is 18.7. The molecule has 2 amide bonds. The Kier molecular flexibility index (Phi) is 9.02. The first-order valence-corrected chi connectivity index (χ1v) is 8.61. The molecule has 2 aliphatic heterocycles. The second-order valence-corrected chi connectivity index (χ2v) is 6.81. The molecule has 0 aromatic carbocycles. The fourth-order valence-corrected chi connectivity index (χ4v) is 3.99. The van der Waals surface area contributed by atoms with E-state index in [9.17, 15) is 29.4 Å². The number of aliphatic hydroxyl groups excluding tert-OH is 1. The van der Waals surface area contributed by atoms with Crippen molar-refractivity contribution in [1.82, 2.24) is 10.2 Å². The third-order valence-electron chi connectivity index (χ3n) is 3.99. The van der Waals surface area contributed by atoms with E-state index in [0.29, 0.717) is 0 Å². The van der Waals surface area contributed by atoms with Crippen LogP contribution in [0, 0.1) is 44.1 Å². The van der Waals surface area contributed by atoms with Crippen molar-refractivity contribution in [1.29, 1.82) is 0 Å². The van der Waals surface area contributed by atoms with E-state index in [-0.39, 0.29) is 80.3 Å². The van der Waals surface area contributed by atoms with Crippen molar-refractivity contribution < 1.29 is 78.6 Å². The van der Waals surface area contributed by atoms with Crippen LogP contribution in [0.2, 0.25) is 0 Å². The Bertz CT molecular complexity index is 642. The molecule has 12 heteroatoms. The number of amides is 2. The van der Waals surface area contributed by atoms with Gasteiger partial charge in [-0.2, -0.15) is 0 Å². The number of fused-ring (bicyclic) bond motifs is 1. The van der Waals surface area contributed by atoms with Crippen LogP contribution in [0.1, 0.15) is 19.3 Å². The Balaban J connectivity index is 0.00000338. The predicted octanol–water partition coefficient (Wildman–Crippen LogP) is -1.70. The zero-order valence-corrected chi connectivity index (χ0v) is 19.3. The van der Waals surface area contributed by atoms with Gasteiger partial charge in [0.25, 0.3) is 5.91 Å². The average Bonchev–Trinajstić information content (AvgIpc) is 2.57. The minimum atomic E-state index is -1.30. The van der Waals surface area contributed by atoms with Crippen molar-refractivity contribution in [2.24, 2.45) is 5.73 Å². The molecule has 0 bridgehead atoms. The number of aliphatic hydroxyl groups is 1. The van der Waals surface area contributed by atoms with Gasteiger partial charge in [-0.1, -0.05) is 0 Å². The summed E-state index contributed by atoms with van der Waals surface area (Å²) in [6, 6.07) is -1.87. The quantitative estimate of drug-likeness (QED) is 0.204. The number of carbonyl (C=O) groups is 4. The van der Waals surface area contributed by atoms with Crippen molar-refractivity contribution in [3.63, 3.8) is 0 Å². The maximum Gasteiger partial charge on any atom is 0.352 e. The van der Waals surface area contributed by atoms with Crippen LogP contribution in [-0.2, 0) is 19.2 Å². The summed E-state index contributed by atoms with van der Waals surface area (Å²) in [6.07, 6.45) is 0.416. The van der Waals surface area contributed by atoms with Crippen LogP contribution in [0.25, 0.3) is 0 Å². The van der Waals surface area contributed by atoms with Crippen LogP contribution in [0.4, 0.5) is 0 Å². The summed E-state index contributed by atoms with van der Waals surface area (Å²) in [7, 11) is 0. The summed E-state index contributed by atoms with van der Waals surface area (Å²) in [4.78, 5) is 47.1. The Morgan fingerprint density at radius 1 is 1.35 bits per heavy atom. The molecule has 3 atom stereocenters. The van der Waals surface area contributed by atoms with Crippen LogP contribution in [-0.4, -0.2) is 73.8 Å². The maximum absolute atomic E-state index is 12.2. The van der Waals surface area contributed by atoms with Crippen LogP contribution >= 0.6 is 11.8 Å². The predicted molar refractivity (Wildman–Crippen MR) is 86.2 cm³/mol. The Labute approximate surface area is 189 Å². The normalized spacial score (nSPS) is 22.7. The SMILES string of the molecule is N[C@H](CCCC(=O)N[C@@H]1C(=O)N2C(C(=O)O)=C(CO)CSC12)C(=O)O.[Ac]. The number of nitrogens with two attached hydrogens (primary N) is 1. The van der Waals surface area contributed by atoms with Crippen molar-refractivity contribution in [2.45, 2.75) is 36.7 Å². The molecule has 1 unspecified atom stereocenters. The summed E-state index contributed by atoms with van der Waals surface area (Å²) in [5.41, 5.74) is 5.38. The number of carbonyl (C=O) groups excluding carboxylic acids is 2. The van der Waals surface area contributed by atoms with Gasteiger partial charge in [-0.25, -0.2) is 4.79 Å². The standard InChI is InChI=1S/C14H19N3O7S.Ac/c15-7(13(21)22)2-1-3-8(19)16-9-11(20)17-10(14(23)24)6(4-18)5-25-12(9)17;/h7,9,12,18H,1-5,15H2,(H,16,19)(H,21,22)(H,23,24);/t7-,9-,12?;/m1./s1. The third kappa shape index (κ3) is 4.98. The first kappa shape index (κ1) is 23.4. The number of thioether (sulfide) groups is 1. The smallest absolute Gasteiger partial charge is 0.352 e. The topological polar surface area (TPSA) is 170 Å². The van der Waals surface area contributed by atoms with Gasteiger partial charge in [0.05, 0.1) is 6.61 Å². The molecular weight excluding hydrogens is 581 g/mol. The van der Waals surface area contributed by atoms with Crippen LogP contribution in [0.3, 0.4) is 0 Å². The van der Waals surface area contributed by atoms with E-state index in [1.807, 2.05) is 0 Å². The van der Waals surface area contributed by atoms with Crippen molar-refractivity contribution in [2.75, 3.05) is 12.4 Å². The van der Waals surface area contributed by atoms with Gasteiger partial charge in [-0.15, -0.1) is 11.8 Å². The van der Waals surface area contributed by atoms with E-state index < -0.39 is 47.8 Å². The molecule has 1 fully saturated rings. The second-order valence-electron chi connectivity index (χ2n) is 5.71. The Morgan fingerprint density at radius 2 is 2.00 bits per heavy atom. The first-order valence-electron chi connectivity index (χ1n) is 7.56. The fourth-order valence-electron chi connectivity index (χ4n) is 2.66. The summed E-state index contributed by atoms with van der Waals surface area (Å²) in [5, 5.41) is 29.1. The molecule has 0 aromatic heterocycles. The van der Waals surface area contributed by atoms with E-state index >= 15 is 0 Å². The molecule has 6 N–H and O–H groups in total. The number of hydrogen-bond acceptors (Lipinski definition) is 7. The zero-order valence-electron chi connectivity index (χ0n) is 13.8. The summed E-state index contributed by atoms with van der Waals surface area (Å²) in [5.74, 6) is -3.15. The van der Waals surface area contributed by atoms with Gasteiger partial charge < -0.3 is 26.4 Å². The molecule has 141 valence electrons. The second kappa shape index (κ2) is 10.0. The van der Waals surface area contributed by atoms with Gasteiger partial charge in [0.1, 0.15) is 23.2 Å². The van der Waals surface area contributed by atoms with Gasteiger partial charge >= 0.3 is 11.9 Å². The molecule has 10 nitrogen and oxygen atoms in total. The maximum atomic E-state index is 12.2. The van der Waals surface area contributed by atoms with Gasteiger partial charge in [0.15, 0.2) is 0 Å². The van der Waals surface area contributed by atoms with E-state index in [2.05, 4.69) is 5.32 Å².